The summed E-state index contributed by atoms with van der Waals surface area (Å²) in [6, 6.07) is 7.18. The number of pyridine rings is 2. The summed E-state index contributed by atoms with van der Waals surface area (Å²) in [5.74, 6) is -0.726. The van der Waals surface area contributed by atoms with Crippen LogP contribution >= 0.6 is 11.6 Å². The molecule has 1 amide bonds. The van der Waals surface area contributed by atoms with Crippen LogP contribution in [0.2, 0.25) is 5.02 Å². The summed E-state index contributed by atoms with van der Waals surface area (Å²) in [5, 5.41) is 0.919. The number of primary amides is 1. The van der Waals surface area contributed by atoms with E-state index in [1.807, 2.05) is 13.0 Å². The Bertz CT molecular complexity index is 1150. The maximum absolute atomic E-state index is 12.7. The molecule has 138 valence electrons. The zero-order valence-electron chi connectivity index (χ0n) is 15.2. The Morgan fingerprint density at radius 2 is 2.04 bits per heavy atom. The number of carbonyl (C=O) groups is 1. The Labute approximate surface area is 161 Å². The van der Waals surface area contributed by atoms with E-state index < -0.39 is 5.91 Å². The van der Waals surface area contributed by atoms with Gasteiger partial charge in [0.1, 0.15) is 5.69 Å². The number of nitrogens with one attached hydrogen (secondary N) is 1. The van der Waals surface area contributed by atoms with Crippen LogP contribution in [0, 0.1) is 6.92 Å². The Kier molecular flexibility index (Phi) is 4.07. The molecule has 1 aliphatic rings. The quantitative estimate of drug-likeness (QED) is 0.716. The first-order chi connectivity index (χ1) is 12.8. The predicted molar refractivity (Wildman–Crippen MR) is 107 cm³/mol. The van der Waals surface area contributed by atoms with Crippen molar-refractivity contribution in [2.45, 2.75) is 38.5 Å². The van der Waals surface area contributed by atoms with E-state index in [2.05, 4.69) is 23.0 Å². The van der Waals surface area contributed by atoms with Crippen LogP contribution in [0.15, 0.2) is 35.3 Å². The molecule has 5 nitrogen and oxygen atoms in total. The van der Waals surface area contributed by atoms with Crippen molar-refractivity contribution >= 4 is 28.4 Å². The second-order valence-electron chi connectivity index (χ2n) is 7.55. The molecule has 1 aliphatic carbocycles. The smallest absolute Gasteiger partial charge is 0.268 e. The molecule has 0 atom stereocenters. The molecular formula is C21H20ClN3O2. The van der Waals surface area contributed by atoms with Crippen molar-refractivity contribution in [3.05, 3.63) is 62.5 Å². The fourth-order valence-electron chi connectivity index (χ4n) is 3.94. The minimum absolute atomic E-state index is 0.0247. The van der Waals surface area contributed by atoms with Gasteiger partial charge in [0.25, 0.3) is 5.91 Å². The molecule has 0 radical (unpaired) electrons. The number of hydrogen-bond donors (Lipinski definition) is 2. The Morgan fingerprint density at radius 1 is 1.30 bits per heavy atom. The summed E-state index contributed by atoms with van der Waals surface area (Å²) < 4.78 is 0. The van der Waals surface area contributed by atoms with Gasteiger partial charge in [-0.25, -0.2) is 0 Å². The van der Waals surface area contributed by atoms with Gasteiger partial charge in [-0.2, -0.15) is 0 Å². The number of nitrogens with two attached hydrogens (primary N) is 1. The maximum atomic E-state index is 12.7. The highest BCUT2D eigenvalue weighted by molar-refractivity contribution is 6.31. The molecule has 0 saturated heterocycles. The number of aryl methyl sites for hydroxylation is 1. The summed E-state index contributed by atoms with van der Waals surface area (Å²) in [4.78, 5) is 31.4. The molecule has 1 saturated carbocycles. The summed E-state index contributed by atoms with van der Waals surface area (Å²) in [6.45, 7) is 4.26. The minimum Gasteiger partial charge on any atom is -0.364 e. The molecule has 4 rings (SSSR count). The van der Waals surface area contributed by atoms with Gasteiger partial charge in [0, 0.05) is 22.8 Å². The molecule has 3 N–H and O–H groups in total. The number of nitrogens with zero attached hydrogens (tertiary/aromatic N) is 1. The number of H-pyrrole nitrogens is 1. The van der Waals surface area contributed by atoms with Crippen molar-refractivity contribution in [2.24, 2.45) is 5.73 Å². The van der Waals surface area contributed by atoms with Crippen molar-refractivity contribution in [3.8, 4) is 11.3 Å². The lowest BCUT2D eigenvalue weighted by Crippen LogP contribution is -2.30. The fourth-order valence-corrected chi connectivity index (χ4v) is 4.33. The van der Waals surface area contributed by atoms with Gasteiger partial charge in [-0.05, 0) is 48.4 Å². The van der Waals surface area contributed by atoms with E-state index in [4.69, 9.17) is 17.3 Å². The largest absolute Gasteiger partial charge is 0.364 e. The van der Waals surface area contributed by atoms with E-state index in [1.54, 1.807) is 6.07 Å². The van der Waals surface area contributed by atoms with Gasteiger partial charge >= 0.3 is 0 Å². The molecule has 1 aromatic carbocycles. The summed E-state index contributed by atoms with van der Waals surface area (Å²) in [5.41, 5.74) is 9.41. The Morgan fingerprint density at radius 3 is 2.67 bits per heavy atom. The number of halogens is 1. The standard InChI is InChI=1S/C21H20ClN3O2/c1-11-8-13(21(2)5-3-6-21)14(22)9-12(11)16-10-17(26)18-15(25-16)4-7-24-19(18)20(23)27/h4,7-10H,3,5-6H2,1-2H3,(H2,23,27)(H,25,26). The minimum atomic E-state index is -0.726. The third-order valence-corrected chi connectivity index (χ3v) is 6.00. The van der Waals surface area contributed by atoms with Crippen molar-refractivity contribution < 1.29 is 4.79 Å². The lowest BCUT2D eigenvalue weighted by atomic mass is 9.65. The van der Waals surface area contributed by atoms with E-state index in [9.17, 15) is 9.59 Å². The topological polar surface area (TPSA) is 88.8 Å². The number of aromatic amines is 1. The zero-order valence-corrected chi connectivity index (χ0v) is 16.0. The summed E-state index contributed by atoms with van der Waals surface area (Å²) in [6.07, 6.45) is 4.97. The number of amides is 1. The second kappa shape index (κ2) is 6.20. The Balaban J connectivity index is 1.89. The van der Waals surface area contributed by atoms with E-state index in [1.165, 1.54) is 24.2 Å². The van der Waals surface area contributed by atoms with Gasteiger partial charge in [0.05, 0.1) is 16.6 Å². The number of rotatable bonds is 3. The summed E-state index contributed by atoms with van der Waals surface area (Å²) >= 11 is 6.61. The highest BCUT2D eigenvalue weighted by atomic mass is 35.5. The number of carbonyl (C=O) groups excluding carboxylic acids is 1. The molecule has 0 bridgehead atoms. The molecule has 0 unspecified atom stereocenters. The number of benzene rings is 1. The van der Waals surface area contributed by atoms with Crippen LogP contribution in [-0.4, -0.2) is 15.9 Å². The van der Waals surface area contributed by atoms with Crippen LogP contribution < -0.4 is 11.2 Å². The van der Waals surface area contributed by atoms with Crippen molar-refractivity contribution in [1.82, 2.24) is 9.97 Å². The summed E-state index contributed by atoms with van der Waals surface area (Å²) in [7, 11) is 0. The van der Waals surface area contributed by atoms with Gasteiger partial charge in [-0.1, -0.05) is 31.0 Å². The predicted octanol–water partition coefficient (Wildman–Crippen LogP) is 4.09. The zero-order chi connectivity index (χ0) is 19.3. The second-order valence-corrected chi connectivity index (χ2v) is 7.96. The van der Waals surface area contributed by atoms with E-state index in [0.29, 0.717) is 16.2 Å². The molecule has 6 heteroatoms. The van der Waals surface area contributed by atoms with Crippen molar-refractivity contribution in [3.63, 3.8) is 0 Å². The van der Waals surface area contributed by atoms with Crippen molar-refractivity contribution in [2.75, 3.05) is 0 Å². The van der Waals surface area contributed by atoms with Gasteiger partial charge in [0.15, 0.2) is 5.43 Å². The van der Waals surface area contributed by atoms with E-state index in [-0.39, 0.29) is 21.9 Å². The molecular weight excluding hydrogens is 362 g/mol. The van der Waals surface area contributed by atoms with Crippen LogP contribution in [0.5, 0.6) is 0 Å². The average molecular weight is 382 g/mol. The highest BCUT2D eigenvalue weighted by Crippen LogP contribution is 2.47. The molecule has 2 heterocycles. The first-order valence-corrected chi connectivity index (χ1v) is 9.31. The Hall–Kier alpha value is -2.66. The third kappa shape index (κ3) is 2.82. The lowest BCUT2D eigenvalue weighted by Gasteiger charge is -2.40. The third-order valence-electron chi connectivity index (χ3n) is 5.69. The maximum Gasteiger partial charge on any atom is 0.268 e. The number of aromatic nitrogens is 2. The molecule has 0 spiro atoms. The van der Waals surface area contributed by atoms with Gasteiger partial charge in [0.2, 0.25) is 0 Å². The first kappa shape index (κ1) is 17.7. The van der Waals surface area contributed by atoms with Crippen LogP contribution in [0.3, 0.4) is 0 Å². The first-order valence-electron chi connectivity index (χ1n) is 8.93. The normalized spacial score (nSPS) is 15.5. The lowest BCUT2D eigenvalue weighted by molar-refractivity contribution is 0.0997. The van der Waals surface area contributed by atoms with Crippen LogP contribution in [-0.2, 0) is 5.41 Å². The monoisotopic (exact) mass is 381 g/mol. The van der Waals surface area contributed by atoms with Crippen LogP contribution in [0.1, 0.15) is 47.8 Å². The van der Waals surface area contributed by atoms with Crippen molar-refractivity contribution in [1.29, 1.82) is 0 Å². The van der Waals surface area contributed by atoms with Crippen LogP contribution in [0.4, 0.5) is 0 Å². The number of hydrogen-bond acceptors (Lipinski definition) is 3. The van der Waals surface area contributed by atoms with E-state index >= 15 is 0 Å². The van der Waals surface area contributed by atoms with Crippen LogP contribution in [0.25, 0.3) is 22.2 Å². The molecule has 2 aromatic heterocycles. The van der Waals surface area contributed by atoms with Gasteiger partial charge < -0.3 is 10.7 Å². The average Bonchev–Trinajstić information content (AvgIpc) is 2.60. The van der Waals surface area contributed by atoms with Gasteiger partial charge in [-0.15, -0.1) is 0 Å². The van der Waals surface area contributed by atoms with Gasteiger partial charge in [-0.3, -0.25) is 14.6 Å². The van der Waals surface area contributed by atoms with E-state index in [0.717, 1.165) is 24.0 Å². The molecule has 3 aromatic rings. The number of fused-ring (bicyclic) bond motifs is 1. The fraction of sp³-hybridized carbons (Fsp3) is 0.286. The molecule has 0 aliphatic heterocycles. The highest BCUT2D eigenvalue weighted by Gasteiger charge is 2.35. The SMILES string of the molecule is Cc1cc(C2(C)CCC2)c(Cl)cc1-c1cc(=O)c2c(C(N)=O)nccc2[nH]1. The molecule has 27 heavy (non-hydrogen) atoms. The molecule has 1 fully saturated rings.